The first-order chi connectivity index (χ1) is 12.8. The van der Waals surface area contributed by atoms with Crippen molar-refractivity contribution in [1.29, 1.82) is 0 Å². The minimum Gasteiger partial charge on any atom is -0.317 e. The first kappa shape index (κ1) is 20.1. The van der Waals surface area contributed by atoms with Crippen molar-refractivity contribution in [2.75, 3.05) is 13.1 Å². The third-order valence-electron chi connectivity index (χ3n) is 5.35. The molecule has 0 saturated carbocycles. The van der Waals surface area contributed by atoms with Gasteiger partial charge in [-0.3, -0.25) is 9.17 Å². The summed E-state index contributed by atoms with van der Waals surface area (Å²) in [5.41, 5.74) is 3.61. The van der Waals surface area contributed by atoms with Gasteiger partial charge in [0.15, 0.2) is 0 Å². The highest BCUT2D eigenvalue weighted by atomic mass is 79.9. The molecule has 0 radical (unpaired) electrons. The molecular formula is C22H25BrN2OS. The van der Waals surface area contributed by atoms with Crippen LogP contribution < -0.4 is 10.9 Å². The topological polar surface area (TPSA) is 44.9 Å². The lowest BCUT2D eigenvalue weighted by Crippen LogP contribution is -2.27. The molecule has 0 aliphatic carbocycles. The molecule has 1 aliphatic heterocycles. The van der Waals surface area contributed by atoms with Crippen LogP contribution in [0.5, 0.6) is 0 Å². The van der Waals surface area contributed by atoms with Crippen LogP contribution in [0.15, 0.2) is 65.5 Å². The van der Waals surface area contributed by atoms with E-state index in [1.807, 2.05) is 12.1 Å². The third kappa shape index (κ3) is 4.60. The zero-order chi connectivity index (χ0) is 17.8. The molecule has 2 aromatic carbocycles. The Hall–Kier alpha value is -1.69. The van der Waals surface area contributed by atoms with Gasteiger partial charge in [0.1, 0.15) is 0 Å². The summed E-state index contributed by atoms with van der Waals surface area (Å²) in [5.74, 6) is 0.705. The van der Waals surface area contributed by atoms with Gasteiger partial charge in [-0.2, -0.15) is 0 Å². The largest absolute Gasteiger partial charge is 0.317 e. The number of rotatable bonds is 5. The average Bonchev–Trinajstić information content (AvgIpc) is 3.08. The molecule has 4 rings (SSSR count). The maximum atomic E-state index is 12.6. The monoisotopic (exact) mass is 444 g/mol. The fraction of sp³-hybridized carbons (Fsp3) is 0.318. The van der Waals surface area contributed by atoms with Crippen LogP contribution in [0.1, 0.15) is 46.2 Å². The maximum Gasteiger partial charge on any atom is 0.261 e. The molecule has 0 spiro atoms. The van der Waals surface area contributed by atoms with E-state index < -0.39 is 0 Å². The maximum absolute atomic E-state index is 12.6. The highest BCUT2D eigenvalue weighted by Crippen LogP contribution is 2.34. The van der Waals surface area contributed by atoms with Gasteiger partial charge >= 0.3 is 0 Å². The van der Waals surface area contributed by atoms with Crippen LogP contribution in [-0.4, -0.2) is 17.5 Å². The number of aromatic amines is 1. The van der Waals surface area contributed by atoms with E-state index in [1.54, 1.807) is 11.5 Å². The molecule has 3 nitrogen and oxygen atoms in total. The Morgan fingerprint density at radius 2 is 1.48 bits per heavy atom. The summed E-state index contributed by atoms with van der Waals surface area (Å²) in [4.78, 5) is 13.9. The second kappa shape index (κ2) is 9.49. The lowest BCUT2D eigenvalue weighted by Gasteiger charge is -2.23. The van der Waals surface area contributed by atoms with Gasteiger partial charge < -0.3 is 5.32 Å². The highest BCUT2D eigenvalue weighted by molar-refractivity contribution is 8.93. The second-order valence-electron chi connectivity index (χ2n) is 6.98. The summed E-state index contributed by atoms with van der Waals surface area (Å²) in [6.45, 7) is 2.08. The van der Waals surface area contributed by atoms with Crippen LogP contribution in [0.3, 0.4) is 0 Å². The van der Waals surface area contributed by atoms with E-state index in [0.717, 1.165) is 37.9 Å². The summed E-state index contributed by atoms with van der Waals surface area (Å²) in [7, 11) is 0. The van der Waals surface area contributed by atoms with Crippen molar-refractivity contribution < 1.29 is 0 Å². The molecule has 1 saturated heterocycles. The van der Waals surface area contributed by atoms with E-state index in [-0.39, 0.29) is 28.5 Å². The lowest BCUT2D eigenvalue weighted by molar-refractivity contribution is 0.462. The summed E-state index contributed by atoms with van der Waals surface area (Å²) >= 11 is 1.55. The number of H-pyrrole nitrogens is 1. The molecule has 2 N–H and O–H groups in total. The molecule has 2 heterocycles. The van der Waals surface area contributed by atoms with Crippen molar-refractivity contribution in [3.8, 4) is 0 Å². The number of hydrogen-bond donors (Lipinski definition) is 2. The number of nitrogens with one attached hydrogen (secondary N) is 2. The normalized spacial score (nSPS) is 14.9. The Morgan fingerprint density at radius 1 is 0.926 bits per heavy atom. The zero-order valence-corrected chi connectivity index (χ0v) is 17.7. The van der Waals surface area contributed by atoms with Crippen molar-refractivity contribution >= 4 is 28.5 Å². The van der Waals surface area contributed by atoms with E-state index in [4.69, 9.17) is 0 Å². The molecule has 1 fully saturated rings. The van der Waals surface area contributed by atoms with Gasteiger partial charge in [0.2, 0.25) is 0 Å². The van der Waals surface area contributed by atoms with Gasteiger partial charge in [0, 0.05) is 16.4 Å². The summed E-state index contributed by atoms with van der Waals surface area (Å²) in [5, 5.41) is 3.42. The Kier molecular flexibility index (Phi) is 7.05. The number of halogens is 1. The first-order valence-corrected chi connectivity index (χ1v) is 10.2. The number of hydrogen-bond acceptors (Lipinski definition) is 3. The Bertz CT molecular complexity index is 846. The minimum absolute atomic E-state index is 0. The molecule has 27 heavy (non-hydrogen) atoms. The number of piperidine rings is 1. The van der Waals surface area contributed by atoms with Crippen LogP contribution in [0.4, 0.5) is 0 Å². The van der Waals surface area contributed by atoms with Crippen LogP contribution in [0.2, 0.25) is 0 Å². The lowest BCUT2D eigenvalue weighted by atomic mass is 9.84. The van der Waals surface area contributed by atoms with Crippen LogP contribution >= 0.6 is 28.5 Å². The second-order valence-corrected chi connectivity index (χ2v) is 7.83. The van der Waals surface area contributed by atoms with Crippen molar-refractivity contribution in [2.45, 2.75) is 31.1 Å². The van der Waals surface area contributed by atoms with E-state index in [1.165, 1.54) is 16.0 Å². The summed E-state index contributed by atoms with van der Waals surface area (Å²) in [6.07, 6.45) is 2.98. The van der Waals surface area contributed by atoms with Crippen LogP contribution in [0, 0.1) is 0 Å². The third-order valence-corrected chi connectivity index (χ3v) is 6.43. The number of benzene rings is 2. The average molecular weight is 445 g/mol. The predicted molar refractivity (Wildman–Crippen MR) is 119 cm³/mol. The van der Waals surface area contributed by atoms with Crippen molar-refractivity contribution in [3.63, 3.8) is 0 Å². The molecule has 3 aromatic rings. The molecule has 0 atom stereocenters. The molecular weight excluding hydrogens is 420 g/mol. The molecule has 142 valence electrons. The standard InChI is InChI=1S/C22H24N2OS.BrH/c25-22-20(21(26-24-22)18-11-13-23-14-12-18)15-19(16-7-3-1-4-8-16)17-9-5-2-6-10-17;/h1-10,18-19,23H,11-15H2,(H,24,25);1H. The highest BCUT2D eigenvalue weighted by Gasteiger charge is 2.25. The van der Waals surface area contributed by atoms with E-state index in [2.05, 4.69) is 58.2 Å². The Balaban J connectivity index is 0.00000210. The summed E-state index contributed by atoms with van der Waals surface area (Å²) in [6, 6.07) is 21.1. The predicted octanol–water partition coefficient (Wildman–Crippen LogP) is 4.86. The van der Waals surface area contributed by atoms with E-state index in [0.29, 0.717) is 5.92 Å². The van der Waals surface area contributed by atoms with E-state index >= 15 is 0 Å². The van der Waals surface area contributed by atoms with Crippen LogP contribution in [0.25, 0.3) is 0 Å². The quantitative estimate of drug-likeness (QED) is 0.590. The zero-order valence-electron chi connectivity index (χ0n) is 15.2. The van der Waals surface area contributed by atoms with Gasteiger partial charge in [-0.15, -0.1) is 17.0 Å². The summed E-state index contributed by atoms with van der Waals surface area (Å²) < 4.78 is 3.01. The molecule has 0 bridgehead atoms. The Morgan fingerprint density at radius 3 is 2.04 bits per heavy atom. The van der Waals surface area contributed by atoms with Gasteiger partial charge in [-0.1, -0.05) is 72.2 Å². The van der Waals surface area contributed by atoms with E-state index in [9.17, 15) is 4.79 Å². The fourth-order valence-electron chi connectivity index (χ4n) is 3.95. The molecule has 5 heteroatoms. The first-order valence-electron chi connectivity index (χ1n) is 9.34. The van der Waals surface area contributed by atoms with Crippen molar-refractivity contribution in [2.24, 2.45) is 0 Å². The van der Waals surface area contributed by atoms with Crippen LogP contribution in [-0.2, 0) is 6.42 Å². The molecule has 1 aromatic heterocycles. The number of aromatic nitrogens is 1. The van der Waals surface area contributed by atoms with Crippen molar-refractivity contribution in [1.82, 2.24) is 9.69 Å². The molecule has 0 unspecified atom stereocenters. The SMILES string of the molecule is Br.O=c1[nH]sc(C2CCNCC2)c1CC(c1ccccc1)c1ccccc1. The van der Waals surface area contributed by atoms with Gasteiger partial charge in [0.05, 0.1) is 0 Å². The fourth-order valence-corrected chi connectivity index (χ4v) is 4.97. The van der Waals surface area contributed by atoms with Gasteiger partial charge in [0.25, 0.3) is 5.56 Å². The minimum atomic E-state index is 0. The smallest absolute Gasteiger partial charge is 0.261 e. The molecule has 0 amide bonds. The van der Waals surface area contributed by atoms with Gasteiger partial charge in [-0.05, 0) is 49.4 Å². The molecule has 1 aliphatic rings. The van der Waals surface area contributed by atoms with Crippen molar-refractivity contribution in [3.05, 3.63) is 92.6 Å². The van der Waals surface area contributed by atoms with Gasteiger partial charge in [-0.25, -0.2) is 0 Å². The Labute approximate surface area is 174 Å².